The Bertz CT molecular complexity index is 972. The predicted molar refractivity (Wildman–Crippen MR) is 127 cm³/mol. The second-order valence-electron chi connectivity index (χ2n) is 9.24. The molecule has 0 spiro atoms. The molecule has 3 aliphatic rings. The van der Waals surface area contributed by atoms with E-state index < -0.39 is 14.9 Å². The molecule has 2 N–H and O–H groups in total. The van der Waals surface area contributed by atoms with E-state index in [0.29, 0.717) is 35.4 Å². The molecular formula is C21H32ClN5O5Si. The van der Waals surface area contributed by atoms with E-state index in [-0.39, 0.29) is 31.6 Å². The summed E-state index contributed by atoms with van der Waals surface area (Å²) in [5.74, 6) is 0.750. The number of piperazine rings is 1. The van der Waals surface area contributed by atoms with Gasteiger partial charge in [0.2, 0.25) is 0 Å². The monoisotopic (exact) mass is 497 g/mol. The highest BCUT2D eigenvalue weighted by Crippen LogP contribution is 2.33. The van der Waals surface area contributed by atoms with Gasteiger partial charge in [-0.2, -0.15) is 4.98 Å². The molecule has 0 aliphatic carbocycles. The Balaban J connectivity index is 1.44. The van der Waals surface area contributed by atoms with Crippen molar-refractivity contribution in [1.29, 1.82) is 0 Å². The summed E-state index contributed by atoms with van der Waals surface area (Å²) in [5.41, 5.74) is 1.33. The van der Waals surface area contributed by atoms with Gasteiger partial charge in [0.1, 0.15) is 36.4 Å². The molecule has 3 aliphatic heterocycles. The number of aromatic nitrogens is 3. The SMILES string of the molecule is C[SiH](C)CCOCn1c(O[C@@H]2CO[C@H]3[C@@H]2OC[C@H]3O)nc2cc(Cl)c(N3CCNCC3)nc21. The zero-order chi connectivity index (χ0) is 22.9. The normalized spacial score (nSPS) is 27.6. The van der Waals surface area contributed by atoms with Crippen molar-refractivity contribution in [2.75, 3.05) is 50.9 Å². The number of fused-ring (bicyclic) bond motifs is 2. The molecule has 12 heteroatoms. The summed E-state index contributed by atoms with van der Waals surface area (Å²) >= 11 is 6.61. The second-order valence-corrected chi connectivity index (χ2v) is 13.0. The van der Waals surface area contributed by atoms with Gasteiger partial charge in [-0.3, -0.25) is 4.57 Å². The van der Waals surface area contributed by atoms with Crippen molar-refractivity contribution >= 4 is 37.4 Å². The maximum Gasteiger partial charge on any atom is 0.301 e. The molecule has 182 valence electrons. The number of pyridine rings is 1. The van der Waals surface area contributed by atoms with Crippen molar-refractivity contribution < 1.29 is 24.1 Å². The van der Waals surface area contributed by atoms with Crippen molar-refractivity contribution in [2.45, 2.75) is 50.3 Å². The molecule has 0 amide bonds. The molecule has 3 fully saturated rings. The van der Waals surface area contributed by atoms with Gasteiger partial charge < -0.3 is 34.3 Å². The van der Waals surface area contributed by atoms with E-state index in [1.54, 1.807) is 0 Å². The van der Waals surface area contributed by atoms with Crippen LogP contribution in [0.4, 0.5) is 5.82 Å². The molecule has 0 aromatic carbocycles. The van der Waals surface area contributed by atoms with E-state index in [0.717, 1.165) is 38.0 Å². The van der Waals surface area contributed by atoms with Gasteiger partial charge in [-0.05, 0) is 12.1 Å². The third kappa shape index (κ3) is 4.86. The third-order valence-electron chi connectivity index (χ3n) is 6.34. The molecule has 33 heavy (non-hydrogen) atoms. The van der Waals surface area contributed by atoms with E-state index in [1.165, 1.54) is 0 Å². The lowest BCUT2D eigenvalue weighted by Crippen LogP contribution is -2.44. The van der Waals surface area contributed by atoms with Crippen molar-refractivity contribution in [2.24, 2.45) is 0 Å². The van der Waals surface area contributed by atoms with Crippen LogP contribution in [0.1, 0.15) is 0 Å². The second kappa shape index (κ2) is 10.0. The zero-order valence-corrected chi connectivity index (χ0v) is 21.0. The van der Waals surface area contributed by atoms with Crippen molar-refractivity contribution in [3.63, 3.8) is 0 Å². The van der Waals surface area contributed by atoms with Crippen molar-refractivity contribution in [3.05, 3.63) is 11.1 Å². The quantitative estimate of drug-likeness (QED) is 0.406. The first-order chi connectivity index (χ1) is 16.0. The summed E-state index contributed by atoms with van der Waals surface area (Å²) in [7, 11) is -0.705. The summed E-state index contributed by atoms with van der Waals surface area (Å²) in [4.78, 5) is 11.8. The minimum absolute atomic E-state index is 0.249. The highest BCUT2D eigenvalue weighted by Gasteiger charge is 2.49. The first kappa shape index (κ1) is 23.3. The fourth-order valence-corrected chi connectivity index (χ4v) is 5.36. The Morgan fingerprint density at radius 3 is 2.79 bits per heavy atom. The van der Waals surface area contributed by atoms with Crippen LogP contribution in [-0.2, 0) is 20.9 Å². The molecule has 3 saturated heterocycles. The third-order valence-corrected chi connectivity index (χ3v) is 8.00. The average Bonchev–Trinajstić information content (AvgIpc) is 3.47. The molecule has 0 bridgehead atoms. The number of halogens is 1. The van der Waals surface area contributed by atoms with Crippen LogP contribution in [0.5, 0.6) is 6.01 Å². The lowest BCUT2D eigenvalue weighted by molar-refractivity contribution is 0.00337. The van der Waals surface area contributed by atoms with E-state index in [9.17, 15) is 5.11 Å². The van der Waals surface area contributed by atoms with Crippen LogP contribution in [-0.4, -0.2) is 98.9 Å². The van der Waals surface area contributed by atoms with Crippen LogP contribution in [0.15, 0.2) is 6.07 Å². The number of imidazole rings is 1. The van der Waals surface area contributed by atoms with Crippen LogP contribution in [0.2, 0.25) is 24.2 Å². The first-order valence-corrected chi connectivity index (χ1v) is 15.2. The van der Waals surface area contributed by atoms with Crippen LogP contribution in [0.25, 0.3) is 11.2 Å². The van der Waals surface area contributed by atoms with Gasteiger partial charge in [-0.15, -0.1) is 0 Å². The minimum Gasteiger partial charge on any atom is -0.456 e. The van der Waals surface area contributed by atoms with Crippen LogP contribution < -0.4 is 15.0 Å². The number of nitrogens with zero attached hydrogens (tertiary/aromatic N) is 4. The lowest BCUT2D eigenvalue weighted by atomic mass is 10.1. The summed E-state index contributed by atoms with van der Waals surface area (Å²) in [6.07, 6.45) is -1.69. The molecule has 2 aromatic rings. The number of rotatable bonds is 8. The molecule has 4 atom stereocenters. The number of hydrogen-bond donors (Lipinski definition) is 2. The minimum atomic E-state index is -0.705. The van der Waals surface area contributed by atoms with Crippen LogP contribution in [0, 0.1) is 0 Å². The van der Waals surface area contributed by atoms with Gasteiger partial charge in [-0.1, -0.05) is 24.7 Å². The standard InChI is InChI=1S/C21H32ClN5O5Si/c1-33(2)8-7-29-12-27-20-14(9-13(22)19(25-20)26-5-3-23-4-6-26)24-21(27)32-16-11-31-17-15(28)10-30-18(16)17/h9,15-18,23,28,33H,3-8,10-12H2,1-2H3/t15-,16-,17-,18-/m1/s1. The van der Waals surface area contributed by atoms with Gasteiger partial charge in [0.05, 0.1) is 18.2 Å². The highest BCUT2D eigenvalue weighted by atomic mass is 35.5. The fraction of sp³-hybridized carbons (Fsp3) is 0.714. The van der Waals surface area contributed by atoms with Gasteiger partial charge in [0.15, 0.2) is 11.8 Å². The Morgan fingerprint density at radius 1 is 1.21 bits per heavy atom. The molecule has 5 heterocycles. The van der Waals surface area contributed by atoms with Gasteiger partial charge in [0.25, 0.3) is 0 Å². The number of nitrogens with one attached hydrogen (secondary N) is 1. The van der Waals surface area contributed by atoms with Crippen molar-refractivity contribution in [3.8, 4) is 6.01 Å². The van der Waals surface area contributed by atoms with Gasteiger partial charge in [0, 0.05) is 41.6 Å². The number of ether oxygens (including phenoxy) is 4. The summed E-state index contributed by atoms with van der Waals surface area (Å²) in [6, 6.07) is 3.34. The van der Waals surface area contributed by atoms with Crippen LogP contribution in [0.3, 0.4) is 0 Å². The average molecular weight is 498 g/mol. The molecule has 2 aromatic heterocycles. The number of aliphatic hydroxyl groups is 1. The maximum absolute atomic E-state index is 10.0. The molecule has 5 rings (SSSR count). The first-order valence-electron chi connectivity index (χ1n) is 11.7. The topological polar surface area (TPSA) is 103 Å². The molecule has 0 radical (unpaired) electrons. The largest absolute Gasteiger partial charge is 0.456 e. The van der Waals surface area contributed by atoms with Crippen molar-refractivity contribution in [1.82, 2.24) is 19.9 Å². The van der Waals surface area contributed by atoms with E-state index >= 15 is 0 Å². The lowest BCUT2D eigenvalue weighted by Gasteiger charge is -2.29. The van der Waals surface area contributed by atoms with E-state index in [2.05, 4.69) is 28.3 Å². The Labute approximate surface area is 199 Å². The summed E-state index contributed by atoms with van der Waals surface area (Å²) < 4.78 is 25.6. The number of hydrogen-bond acceptors (Lipinski definition) is 9. The number of aliphatic hydroxyl groups excluding tert-OH is 1. The van der Waals surface area contributed by atoms with E-state index in [4.69, 9.17) is 35.5 Å². The number of anilines is 1. The Hall–Kier alpha value is -1.47. The summed E-state index contributed by atoms with van der Waals surface area (Å²) in [5, 5.41) is 14.0. The smallest absolute Gasteiger partial charge is 0.301 e. The zero-order valence-electron chi connectivity index (χ0n) is 19.1. The highest BCUT2D eigenvalue weighted by molar-refractivity contribution is 6.55. The summed E-state index contributed by atoms with van der Waals surface area (Å²) in [6.45, 7) is 9.63. The molecule has 0 unspecified atom stereocenters. The Morgan fingerprint density at radius 2 is 2.00 bits per heavy atom. The molecular weight excluding hydrogens is 466 g/mol. The van der Waals surface area contributed by atoms with Gasteiger partial charge >= 0.3 is 6.01 Å². The fourth-order valence-electron chi connectivity index (χ4n) is 4.46. The molecule has 10 nitrogen and oxygen atoms in total. The van der Waals surface area contributed by atoms with Gasteiger partial charge in [-0.25, -0.2) is 4.98 Å². The van der Waals surface area contributed by atoms with E-state index in [1.807, 2.05) is 10.6 Å². The maximum atomic E-state index is 10.0. The van der Waals surface area contributed by atoms with Crippen LogP contribution >= 0.6 is 11.6 Å². The molecule has 0 saturated carbocycles. The Kier molecular flexibility index (Phi) is 7.07. The predicted octanol–water partition coefficient (Wildman–Crippen LogP) is 0.861.